The summed E-state index contributed by atoms with van der Waals surface area (Å²) in [5.41, 5.74) is -1.21. The lowest BCUT2D eigenvalue weighted by molar-refractivity contribution is -0.384. The summed E-state index contributed by atoms with van der Waals surface area (Å²) in [6, 6.07) is 9.17. The van der Waals surface area contributed by atoms with Crippen molar-refractivity contribution in [2.45, 2.75) is 17.9 Å². The average molecular weight is 480 g/mol. The first kappa shape index (κ1) is 23.7. The van der Waals surface area contributed by atoms with Gasteiger partial charge in [0.15, 0.2) is 0 Å². The van der Waals surface area contributed by atoms with E-state index in [2.05, 4.69) is 10.1 Å². The van der Waals surface area contributed by atoms with Gasteiger partial charge in [-0.1, -0.05) is 42.2 Å². The number of thiocarbonyl (C=S) groups is 1. The van der Waals surface area contributed by atoms with Gasteiger partial charge < -0.3 is 10.0 Å². The Morgan fingerprint density at radius 3 is 2.78 bits per heavy atom. The van der Waals surface area contributed by atoms with E-state index in [4.69, 9.17) is 12.2 Å². The topological polar surface area (TPSA) is 97.3 Å². The fraction of sp³-hybridized carbons (Fsp3) is 0.250. The van der Waals surface area contributed by atoms with Crippen LogP contribution < -0.4 is 0 Å². The van der Waals surface area contributed by atoms with Crippen LogP contribution in [0, 0.1) is 21.7 Å². The predicted molar refractivity (Wildman–Crippen MR) is 120 cm³/mol. The van der Waals surface area contributed by atoms with Gasteiger partial charge in [0, 0.05) is 36.6 Å². The van der Waals surface area contributed by atoms with Crippen molar-refractivity contribution in [2.24, 2.45) is 0 Å². The first-order valence-electron chi connectivity index (χ1n) is 9.29. The zero-order chi connectivity index (χ0) is 23.3. The third-order valence-corrected chi connectivity index (χ3v) is 6.32. The number of hydrogen-bond donors (Lipinski definition) is 1. The molecule has 1 heterocycles. The van der Waals surface area contributed by atoms with E-state index in [0.29, 0.717) is 21.7 Å². The Bertz CT molecular complexity index is 1120. The Morgan fingerprint density at radius 1 is 1.34 bits per heavy atom. The van der Waals surface area contributed by atoms with Gasteiger partial charge >= 0.3 is 0 Å². The minimum absolute atomic E-state index is 0.0173. The first-order chi connectivity index (χ1) is 15.2. The number of nitro benzene ring substituents is 1. The molecule has 0 spiro atoms. The third-order valence-electron chi connectivity index (χ3n) is 4.62. The van der Waals surface area contributed by atoms with Crippen molar-refractivity contribution in [1.29, 1.82) is 0 Å². The molecule has 1 unspecified atom stereocenters. The molecule has 0 radical (unpaired) electrons. The van der Waals surface area contributed by atoms with Crippen molar-refractivity contribution >= 4 is 34.0 Å². The van der Waals surface area contributed by atoms with Crippen LogP contribution in [0.15, 0.2) is 55.1 Å². The van der Waals surface area contributed by atoms with Gasteiger partial charge in [0.1, 0.15) is 34.2 Å². The number of nitrogens with zero attached hydrogens (tertiary/aromatic N) is 5. The molecule has 1 atom stereocenters. The van der Waals surface area contributed by atoms with E-state index >= 15 is 0 Å². The molecule has 0 aliphatic heterocycles. The molecule has 0 saturated heterocycles. The number of rotatable bonds is 8. The fourth-order valence-corrected chi connectivity index (χ4v) is 4.14. The predicted octanol–water partition coefficient (Wildman–Crippen LogP) is 3.50. The average Bonchev–Trinajstić information content (AvgIpc) is 3.24. The maximum Gasteiger partial charge on any atom is 0.269 e. The first-order valence-corrected chi connectivity index (χ1v) is 10.7. The Hall–Kier alpha value is -2.96. The number of aromatic nitrogens is 3. The van der Waals surface area contributed by atoms with Crippen molar-refractivity contribution in [2.75, 3.05) is 13.6 Å². The quantitative estimate of drug-likeness (QED) is 0.298. The van der Waals surface area contributed by atoms with Crippen molar-refractivity contribution in [3.05, 3.63) is 88.0 Å². The molecule has 0 bridgehead atoms. The van der Waals surface area contributed by atoms with Crippen LogP contribution in [0.3, 0.4) is 0 Å². The van der Waals surface area contributed by atoms with Crippen molar-refractivity contribution in [1.82, 2.24) is 19.7 Å². The van der Waals surface area contributed by atoms with Gasteiger partial charge in [0.05, 0.1) is 18.0 Å². The molecule has 0 saturated carbocycles. The van der Waals surface area contributed by atoms with Crippen molar-refractivity contribution in [3.8, 4) is 0 Å². The Balaban J connectivity index is 1.75. The minimum atomic E-state index is -1.80. The summed E-state index contributed by atoms with van der Waals surface area (Å²) >= 11 is 6.68. The number of nitro groups is 1. The summed E-state index contributed by atoms with van der Waals surface area (Å²) in [5.74, 6) is -1.28. The molecule has 0 fully saturated rings. The van der Waals surface area contributed by atoms with Gasteiger partial charge in [0.2, 0.25) is 0 Å². The zero-order valence-electron chi connectivity index (χ0n) is 16.9. The van der Waals surface area contributed by atoms with Crippen LogP contribution in [0.4, 0.5) is 14.5 Å². The standard InChI is InChI=1S/C20H19F2N5O3S2/c1-25(19(31)32-9-14-3-2-4-16(7-14)27(29)30)10-20(28,11-26-13-23-12-24-26)17-6-5-15(21)8-18(17)22/h2-8,12-13,28H,9-11H2,1H3. The number of aliphatic hydroxyl groups is 1. The monoisotopic (exact) mass is 479 g/mol. The van der Waals surface area contributed by atoms with Crippen molar-refractivity contribution in [3.63, 3.8) is 0 Å². The van der Waals surface area contributed by atoms with Gasteiger partial charge in [-0.05, 0) is 11.6 Å². The van der Waals surface area contributed by atoms with Crippen LogP contribution in [0.25, 0.3) is 0 Å². The van der Waals surface area contributed by atoms with Crippen LogP contribution in [0.1, 0.15) is 11.1 Å². The lowest BCUT2D eigenvalue weighted by Crippen LogP contribution is -2.44. The molecule has 0 aliphatic rings. The van der Waals surface area contributed by atoms with Crippen LogP contribution in [-0.4, -0.2) is 47.6 Å². The smallest absolute Gasteiger partial charge is 0.269 e. The summed E-state index contributed by atoms with van der Waals surface area (Å²) in [4.78, 5) is 15.9. The molecule has 2 aromatic carbocycles. The highest BCUT2D eigenvalue weighted by molar-refractivity contribution is 8.22. The molecule has 0 amide bonds. The number of non-ortho nitro benzene ring substituents is 1. The normalized spacial score (nSPS) is 12.9. The molecule has 1 aromatic heterocycles. The highest BCUT2D eigenvalue weighted by Crippen LogP contribution is 2.29. The number of benzene rings is 2. The van der Waals surface area contributed by atoms with E-state index < -0.39 is 22.2 Å². The molecule has 168 valence electrons. The molecule has 3 rings (SSSR count). The second-order valence-corrected chi connectivity index (χ2v) is 8.70. The molecular formula is C20H19F2N5O3S2. The second kappa shape index (κ2) is 10.1. The van der Waals surface area contributed by atoms with Gasteiger partial charge in [0.25, 0.3) is 5.69 Å². The van der Waals surface area contributed by atoms with E-state index in [1.807, 2.05) is 0 Å². The number of hydrogen-bond acceptors (Lipinski definition) is 7. The number of likely N-dealkylation sites (N-methyl/N-ethyl adjacent to an activating group) is 1. The maximum absolute atomic E-state index is 14.5. The molecular weight excluding hydrogens is 460 g/mol. The Morgan fingerprint density at radius 2 is 2.12 bits per heavy atom. The van der Waals surface area contributed by atoms with Gasteiger partial charge in [-0.15, -0.1) is 0 Å². The number of thioether (sulfide) groups is 1. The molecule has 1 N–H and O–H groups in total. The molecule has 0 aliphatic carbocycles. The highest BCUT2D eigenvalue weighted by Gasteiger charge is 2.35. The SMILES string of the molecule is CN(CC(O)(Cn1cncn1)c1ccc(F)cc1F)C(=S)SCc1cccc([N+](=O)[O-])c1. The van der Waals surface area contributed by atoms with E-state index in [9.17, 15) is 24.0 Å². The third kappa shape index (κ3) is 5.84. The maximum atomic E-state index is 14.5. The molecule has 3 aromatic rings. The van der Waals surface area contributed by atoms with Crippen molar-refractivity contribution < 1.29 is 18.8 Å². The molecule has 32 heavy (non-hydrogen) atoms. The van der Waals surface area contributed by atoms with Crippen LogP contribution in [0.5, 0.6) is 0 Å². The number of halogens is 2. The fourth-order valence-electron chi connectivity index (χ4n) is 3.14. The Kier molecular flexibility index (Phi) is 7.48. The highest BCUT2D eigenvalue weighted by atomic mass is 32.2. The van der Waals surface area contributed by atoms with Gasteiger partial charge in [-0.3, -0.25) is 10.1 Å². The molecule has 8 nitrogen and oxygen atoms in total. The summed E-state index contributed by atoms with van der Waals surface area (Å²) in [6.45, 7) is -0.256. The van der Waals surface area contributed by atoms with Gasteiger partial charge in [-0.25, -0.2) is 18.4 Å². The van der Waals surface area contributed by atoms with Crippen LogP contribution >= 0.6 is 24.0 Å². The second-order valence-electron chi connectivity index (χ2n) is 7.09. The van der Waals surface area contributed by atoms with Gasteiger partial charge in [-0.2, -0.15) is 5.10 Å². The van der Waals surface area contributed by atoms with Crippen LogP contribution in [-0.2, 0) is 17.9 Å². The summed E-state index contributed by atoms with van der Waals surface area (Å²) in [6.07, 6.45) is 2.66. The molecule has 12 heteroatoms. The van der Waals surface area contributed by atoms with E-state index in [1.54, 1.807) is 24.1 Å². The summed E-state index contributed by atoms with van der Waals surface area (Å²) in [5, 5.41) is 26.3. The largest absolute Gasteiger partial charge is 0.381 e. The summed E-state index contributed by atoms with van der Waals surface area (Å²) in [7, 11) is 1.64. The summed E-state index contributed by atoms with van der Waals surface area (Å²) < 4.78 is 29.7. The zero-order valence-corrected chi connectivity index (χ0v) is 18.5. The minimum Gasteiger partial charge on any atom is -0.381 e. The van der Waals surface area contributed by atoms with Crippen LogP contribution in [0.2, 0.25) is 0 Å². The van der Waals surface area contributed by atoms with E-state index in [0.717, 1.165) is 6.07 Å². The van der Waals surface area contributed by atoms with E-state index in [1.165, 1.54) is 47.3 Å². The lowest BCUT2D eigenvalue weighted by Gasteiger charge is -2.34. The van der Waals surface area contributed by atoms with E-state index in [-0.39, 0.29) is 24.3 Å². The Labute approximate surface area is 192 Å². The lowest BCUT2D eigenvalue weighted by atomic mass is 9.92.